The Morgan fingerprint density at radius 2 is 2.24 bits per heavy atom. The molecular weight excluding hydrogens is 234 g/mol. The van der Waals surface area contributed by atoms with Crippen molar-refractivity contribution >= 4 is 17.6 Å². The predicted octanol–water partition coefficient (Wildman–Crippen LogP) is 2.19. The molecule has 0 amide bonds. The van der Waals surface area contributed by atoms with Crippen molar-refractivity contribution in [3.05, 3.63) is 11.9 Å². The number of thioether (sulfide) groups is 1. The summed E-state index contributed by atoms with van der Waals surface area (Å²) in [6.07, 6.45) is 3.65. The van der Waals surface area contributed by atoms with Crippen molar-refractivity contribution in [2.45, 2.75) is 31.7 Å². The Balaban J connectivity index is 2.82. The lowest BCUT2D eigenvalue weighted by molar-refractivity contribution is 0.250. The molecule has 1 rings (SSSR count). The van der Waals surface area contributed by atoms with Crippen LogP contribution < -0.4 is 5.32 Å². The molecule has 0 aliphatic rings. The monoisotopic (exact) mass is 255 g/mol. The number of anilines is 1. The second-order valence-corrected chi connectivity index (χ2v) is 5.11. The first-order valence-electron chi connectivity index (χ1n) is 5.98. The van der Waals surface area contributed by atoms with Crippen molar-refractivity contribution in [2.24, 2.45) is 5.92 Å². The standard InChI is InChI=1S/C12H21N3OS/c1-4-5-10-11(13-3)14-8-15-12(10)17-7-9(2)6-16/h8-9,16H,4-7H2,1-3H3,(H,13,14,15). The molecule has 0 aliphatic carbocycles. The first kappa shape index (κ1) is 14.3. The van der Waals surface area contributed by atoms with Gasteiger partial charge in [0.15, 0.2) is 0 Å². The summed E-state index contributed by atoms with van der Waals surface area (Å²) in [5.41, 5.74) is 1.19. The highest BCUT2D eigenvalue weighted by Gasteiger charge is 2.11. The third-order valence-corrected chi connectivity index (χ3v) is 3.82. The molecular formula is C12H21N3OS. The van der Waals surface area contributed by atoms with E-state index < -0.39 is 0 Å². The van der Waals surface area contributed by atoms with Gasteiger partial charge in [0.05, 0.1) is 0 Å². The molecule has 5 heteroatoms. The van der Waals surface area contributed by atoms with Crippen molar-refractivity contribution in [3.63, 3.8) is 0 Å². The Morgan fingerprint density at radius 3 is 2.82 bits per heavy atom. The number of aliphatic hydroxyl groups excluding tert-OH is 1. The van der Waals surface area contributed by atoms with Crippen LogP contribution in [0, 0.1) is 5.92 Å². The molecule has 1 aromatic rings. The number of hydrogen-bond acceptors (Lipinski definition) is 5. The molecule has 17 heavy (non-hydrogen) atoms. The summed E-state index contributed by atoms with van der Waals surface area (Å²) in [6.45, 7) is 4.41. The zero-order chi connectivity index (χ0) is 12.7. The fourth-order valence-corrected chi connectivity index (χ4v) is 2.53. The predicted molar refractivity (Wildman–Crippen MR) is 72.5 cm³/mol. The maximum atomic E-state index is 9.03. The minimum atomic E-state index is 0.222. The average Bonchev–Trinajstić information content (AvgIpc) is 2.37. The van der Waals surface area contributed by atoms with E-state index in [1.807, 2.05) is 14.0 Å². The Labute approximate surface area is 107 Å². The minimum absolute atomic E-state index is 0.222. The lowest BCUT2D eigenvalue weighted by Crippen LogP contribution is -2.06. The highest BCUT2D eigenvalue weighted by molar-refractivity contribution is 7.99. The maximum Gasteiger partial charge on any atom is 0.133 e. The summed E-state index contributed by atoms with van der Waals surface area (Å²) in [6, 6.07) is 0. The van der Waals surface area contributed by atoms with E-state index in [0.29, 0.717) is 5.92 Å². The molecule has 1 unspecified atom stereocenters. The van der Waals surface area contributed by atoms with Gasteiger partial charge in [-0.25, -0.2) is 9.97 Å². The zero-order valence-corrected chi connectivity index (χ0v) is 11.5. The molecule has 0 saturated heterocycles. The first-order chi connectivity index (χ1) is 8.22. The van der Waals surface area contributed by atoms with Crippen LogP contribution in [-0.4, -0.2) is 34.5 Å². The molecule has 0 spiro atoms. The third kappa shape index (κ3) is 4.16. The van der Waals surface area contributed by atoms with Crippen molar-refractivity contribution in [3.8, 4) is 0 Å². The van der Waals surface area contributed by atoms with Crippen LogP contribution in [-0.2, 0) is 6.42 Å². The van der Waals surface area contributed by atoms with E-state index in [9.17, 15) is 0 Å². The normalized spacial score (nSPS) is 12.5. The second-order valence-electron chi connectivity index (χ2n) is 4.10. The van der Waals surface area contributed by atoms with Crippen LogP contribution >= 0.6 is 11.8 Å². The molecule has 0 aromatic carbocycles. The van der Waals surface area contributed by atoms with E-state index in [1.165, 1.54) is 5.56 Å². The van der Waals surface area contributed by atoms with Crippen molar-refractivity contribution < 1.29 is 5.11 Å². The molecule has 1 aromatic heterocycles. The van der Waals surface area contributed by atoms with Gasteiger partial charge in [0.2, 0.25) is 0 Å². The maximum absolute atomic E-state index is 9.03. The van der Waals surface area contributed by atoms with Gasteiger partial charge in [-0.15, -0.1) is 11.8 Å². The van der Waals surface area contributed by atoms with Crippen LogP contribution in [0.2, 0.25) is 0 Å². The van der Waals surface area contributed by atoms with Crippen LogP contribution in [0.3, 0.4) is 0 Å². The van der Waals surface area contributed by atoms with Crippen LogP contribution in [0.4, 0.5) is 5.82 Å². The van der Waals surface area contributed by atoms with Crippen molar-refractivity contribution in [2.75, 3.05) is 24.7 Å². The Kier molecular flexibility index (Phi) is 6.29. The second kappa shape index (κ2) is 7.50. The number of nitrogens with zero attached hydrogens (tertiary/aromatic N) is 2. The fraction of sp³-hybridized carbons (Fsp3) is 0.667. The fourth-order valence-electron chi connectivity index (χ4n) is 1.49. The summed E-state index contributed by atoms with van der Waals surface area (Å²) < 4.78 is 0. The van der Waals surface area contributed by atoms with Gasteiger partial charge in [0.1, 0.15) is 17.2 Å². The van der Waals surface area contributed by atoms with E-state index in [0.717, 1.165) is 29.4 Å². The molecule has 96 valence electrons. The summed E-state index contributed by atoms with van der Waals surface area (Å²) in [5.74, 6) is 2.09. The van der Waals surface area contributed by atoms with E-state index in [2.05, 4.69) is 22.2 Å². The molecule has 0 aliphatic heterocycles. The van der Waals surface area contributed by atoms with Crippen LogP contribution in [0.15, 0.2) is 11.4 Å². The quantitative estimate of drug-likeness (QED) is 0.578. The van der Waals surface area contributed by atoms with E-state index in [-0.39, 0.29) is 6.61 Å². The molecule has 0 saturated carbocycles. The third-order valence-electron chi connectivity index (χ3n) is 2.46. The molecule has 0 bridgehead atoms. The Bertz CT molecular complexity index is 347. The topological polar surface area (TPSA) is 58.0 Å². The van der Waals surface area contributed by atoms with E-state index in [4.69, 9.17) is 5.11 Å². The minimum Gasteiger partial charge on any atom is -0.396 e. The van der Waals surface area contributed by atoms with Gasteiger partial charge < -0.3 is 10.4 Å². The molecule has 1 heterocycles. The van der Waals surface area contributed by atoms with E-state index >= 15 is 0 Å². The molecule has 0 fully saturated rings. The summed E-state index contributed by atoms with van der Waals surface area (Å²) in [7, 11) is 1.88. The molecule has 2 N–H and O–H groups in total. The van der Waals surface area contributed by atoms with Gasteiger partial charge in [0, 0.05) is 25.0 Å². The van der Waals surface area contributed by atoms with E-state index in [1.54, 1.807) is 18.1 Å². The van der Waals surface area contributed by atoms with Crippen LogP contribution in [0.5, 0.6) is 0 Å². The van der Waals surface area contributed by atoms with Crippen LogP contribution in [0.25, 0.3) is 0 Å². The van der Waals surface area contributed by atoms with Gasteiger partial charge in [-0.05, 0) is 12.3 Å². The number of hydrogen-bond donors (Lipinski definition) is 2. The number of aliphatic hydroxyl groups is 1. The van der Waals surface area contributed by atoms with Crippen molar-refractivity contribution in [1.29, 1.82) is 0 Å². The van der Waals surface area contributed by atoms with Gasteiger partial charge >= 0.3 is 0 Å². The zero-order valence-electron chi connectivity index (χ0n) is 10.7. The first-order valence-corrected chi connectivity index (χ1v) is 6.96. The SMILES string of the molecule is CCCc1c(NC)ncnc1SCC(C)CO. The molecule has 1 atom stereocenters. The Morgan fingerprint density at radius 1 is 1.47 bits per heavy atom. The average molecular weight is 255 g/mol. The summed E-state index contributed by atoms with van der Waals surface area (Å²) >= 11 is 1.70. The number of rotatable bonds is 7. The smallest absolute Gasteiger partial charge is 0.133 e. The lowest BCUT2D eigenvalue weighted by atomic mass is 10.2. The lowest BCUT2D eigenvalue weighted by Gasteiger charge is -2.13. The largest absolute Gasteiger partial charge is 0.396 e. The number of nitrogens with one attached hydrogen (secondary N) is 1. The number of aromatic nitrogens is 2. The molecule has 4 nitrogen and oxygen atoms in total. The van der Waals surface area contributed by atoms with Gasteiger partial charge in [-0.2, -0.15) is 0 Å². The summed E-state index contributed by atoms with van der Waals surface area (Å²) in [5, 5.41) is 13.2. The van der Waals surface area contributed by atoms with Gasteiger partial charge in [0.25, 0.3) is 0 Å². The highest BCUT2D eigenvalue weighted by Crippen LogP contribution is 2.27. The highest BCUT2D eigenvalue weighted by atomic mass is 32.2. The van der Waals surface area contributed by atoms with Crippen molar-refractivity contribution in [1.82, 2.24) is 9.97 Å². The van der Waals surface area contributed by atoms with Crippen LogP contribution in [0.1, 0.15) is 25.8 Å². The van der Waals surface area contributed by atoms with Gasteiger partial charge in [-0.1, -0.05) is 20.3 Å². The van der Waals surface area contributed by atoms with Gasteiger partial charge in [-0.3, -0.25) is 0 Å². The summed E-state index contributed by atoms with van der Waals surface area (Å²) in [4.78, 5) is 8.58. The Hall–Kier alpha value is -0.810. The molecule has 0 radical (unpaired) electrons.